The van der Waals surface area contributed by atoms with E-state index in [0.29, 0.717) is 19.3 Å². The lowest BCUT2D eigenvalue weighted by atomic mass is 10.0. The summed E-state index contributed by atoms with van der Waals surface area (Å²) in [5, 5.41) is 15.7. The van der Waals surface area contributed by atoms with Gasteiger partial charge in [-0.1, -0.05) is 62.2 Å². The Kier molecular flexibility index (Phi) is 12.0. The van der Waals surface area contributed by atoms with Crippen LogP contribution in [-0.2, 0) is 31.3 Å². The summed E-state index contributed by atoms with van der Waals surface area (Å²) in [6.07, 6.45) is 3.38. The molecule has 2 aromatic carbocycles. The number of para-hydroxylation sites is 1. The number of aliphatic hydroxyl groups is 1. The van der Waals surface area contributed by atoms with Crippen LogP contribution in [0.3, 0.4) is 0 Å². The number of carbonyl (C=O) groups is 1. The van der Waals surface area contributed by atoms with E-state index in [0.717, 1.165) is 33.4 Å². The standard InChI is InChI=1S/C32H42N4O6S3/c1-23(2)21-36(45(41,42)27-15-13-24(3)14-16-27)26(22-37)9-6-7-17-33-32(38)30(35-44(39,40)31-12-8-18-43-31)19-25-20-34-29-11-5-4-10-28(25)29/h4-5,8,10-16,18,20,23,26,30,34-35,37H,6-7,9,17,19,21-22H2,1-3H3,(H,33,38)/t26-,30-/m0/s1. The van der Waals surface area contributed by atoms with E-state index < -0.39 is 38.0 Å². The molecule has 45 heavy (non-hydrogen) atoms. The van der Waals surface area contributed by atoms with Gasteiger partial charge in [0.15, 0.2) is 0 Å². The van der Waals surface area contributed by atoms with Crippen LogP contribution < -0.4 is 10.0 Å². The number of unbranched alkanes of at least 4 members (excludes halogenated alkanes) is 1. The predicted octanol–water partition coefficient (Wildman–Crippen LogP) is 4.42. The first-order valence-electron chi connectivity index (χ1n) is 15.0. The van der Waals surface area contributed by atoms with E-state index in [1.807, 2.05) is 45.0 Å². The number of aromatic nitrogens is 1. The zero-order valence-corrected chi connectivity index (χ0v) is 28.2. The van der Waals surface area contributed by atoms with Crippen molar-refractivity contribution in [2.24, 2.45) is 5.92 Å². The molecule has 4 rings (SSSR count). The maximum atomic E-state index is 13.5. The molecule has 4 N–H and O–H groups in total. The van der Waals surface area contributed by atoms with Gasteiger partial charge >= 0.3 is 0 Å². The van der Waals surface area contributed by atoms with Gasteiger partial charge < -0.3 is 15.4 Å². The fourth-order valence-electron chi connectivity index (χ4n) is 5.19. The molecular formula is C32H42N4O6S3. The highest BCUT2D eigenvalue weighted by Crippen LogP contribution is 2.24. The number of carbonyl (C=O) groups excluding carboxylic acids is 1. The number of aliphatic hydroxyl groups excluding tert-OH is 1. The minimum absolute atomic E-state index is 0.0469. The third-order valence-electron chi connectivity index (χ3n) is 7.53. The van der Waals surface area contributed by atoms with Crippen LogP contribution in [-0.4, -0.2) is 68.9 Å². The van der Waals surface area contributed by atoms with Crippen LogP contribution in [0, 0.1) is 12.8 Å². The van der Waals surface area contributed by atoms with E-state index in [-0.39, 0.29) is 41.1 Å². The van der Waals surface area contributed by atoms with Crippen LogP contribution in [0.2, 0.25) is 0 Å². The van der Waals surface area contributed by atoms with Crippen molar-refractivity contribution in [3.05, 3.63) is 83.4 Å². The number of hydrogen-bond acceptors (Lipinski definition) is 7. The number of aryl methyl sites for hydroxylation is 1. The van der Waals surface area contributed by atoms with E-state index in [1.165, 1.54) is 10.4 Å². The summed E-state index contributed by atoms with van der Waals surface area (Å²) in [5.41, 5.74) is 2.65. The first-order valence-corrected chi connectivity index (χ1v) is 18.8. The number of amides is 1. The monoisotopic (exact) mass is 674 g/mol. The molecule has 244 valence electrons. The fourth-order valence-corrected chi connectivity index (χ4v) is 9.20. The first kappa shape index (κ1) is 34.8. The lowest BCUT2D eigenvalue weighted by Crippen LogP contribution is -2.48. The van der Waals surface area contributed by atoms with Gasteiger partial charge in [-0.05, 0) is 67.3 Å². The molecule has 10 nitrogen and oxygen atoms in total. The molecule has 0 fully saturated rings. The molecule has 2 heterocycles. The minimum atomic E-state index is -3.92. The number of sulfonamides is 2. The molecule has 0 spiro atoms. The summed E-state index contributed by atoms with van der Waals surface area (Å²) in [6.45, 7) is 5.94. The van der Waals surface area contributed by atoms with Gasteiger partial charge in [0.2, 0.25) is 15.9 Å². The van der Waals surface area contributed by atoms with Crippen molar-refractivity contribution < 1.29 is 26.7 Å². The molecule has 0 saturated heterocycles. The molecule has 1 amide bonds. The Morgan fingerprint density at radius 1 is 1.00 bits per heavy atom. The second-order valence-electron chi connectivity index (χ2n) is 11.6. The van der Waals surface area contributed by atoms with Crippen molar-refractivity contribution >= 4 is 48.2 Å². The molecule has 2 aromatic heterocycles. The summed E-state index contributed by atoms with van der Waals surface area (Å²) in [4.78, 5) is 16.7. The Hall–Kier alpha value is -3.07. The Labute approximate surface area is 270 Å². The number of benzene rings is 2. The fraction of sp³-hybridized carbons (Fsp3) is 0.406. The Morgan fingerprint density at radius 2 is 1.73 bits per heavy atom. The molecule has 0 unspecified atom stereocenters. The molecule has 13 heteroatoms. The number of nitrogens with one attached hydrogen (secondary N) is 3. The van der Waals surface area contributed by atoms with Crippen molar-refractivity contribution in [2.75, 3.05) is 19.7 Å². The van der Waals surface area contributed by atoms with Crippen LogP contribution in [0.25, 0.3) is 10.9 Å². The molecule has 0 radical (unpaired) electrons. The van der Waals surface area contributed by atoms with E-state index in [1.54, 1.807) is 41.9 Å². The molecule has 4 aromatic rings. The third kappa shape index (κ3) is 9.02. The molecule has 0 saturated carbocycles. The average molecular weight is 675 g/mol. The van der Waals surface area contributed by atoms with Gasteiger partial charge in [-0.2, -0.15) is 9.03 Å². The SMILES string of the molecule is Cc1ccc(S(=O)(=O)N(CC(C)C)[C@H](CO)CCCCNC(=O)[C@H](Cc2c[nH]c3ccccc23)NS(=O)(=O)c2cccs2)cc1. The number of fused-ring (bicyclic) bond motifs is 1. The van der Waals surface area contributed by atoms with Crippen molar-refractivity contribution in [3.63, 3.8) is 0 Å². The van der Waals surface area contributed by atoms with Crippen LogP contribution in [0.5, 0.6) is 0 Å². The topological polar surface area (TPSA) is 149 Å². The average Bonchev–Trinajstić information content (AvgIpc) is 3.69. The predicted molar refractivity (Wildman–Crippen MR) is 178 cm³/mol. The molecule has 0 bridgehead atoms. The molecule has 2 atom stereocenters. The Balaban J connectivity index is 1.40. The van der Waals surface area contributed by atoms with E-state index in [4.69, 9.17) is 0 Å². The quantitative estimate of drug-likeness (QED) is 0.122. The summed E-state index contributed by atoms with van der Waals surface area (Å²) in [5.74, 6) is -0.409. The number of aromatic amines is 1. The van der Waals surface area contributed by atoms with Crippen molar-refractivity contribution in [3.8, 4) is 0 Å². The number of rotatable bonds is 17. The maximum absolute atomic E-state index is 13.5. The first-order chi connectivity index (χ1) is 21.4. The van der Waals surface area contributed by atoms with E-state index in [9.17, 15) is 26.7 Å². The molecule has 0 aliphatic rings. The van der Waals surface area contributed by atoms with Crippen LogP contribution in [0.15, 0.2) is 81.3 Å². The van der Waals surface area contributed by atoms with Gasteiger partial charge in [0.25, 0.3) is 10.0 Å². The molecule has 0 aliphatic heterocycles. The van der Waals surface area contributed by atoms with Gasteiger partial charge in [0.05, 0.1) is 11.5 Å². The highest BCUT2D eigenvalue weighted by atomic mass is 32.2. The van der Waals surface area contributed by atoms with Gasteiger partial charge in [-0.15, -0.1) is 11.3 Å². The zero-order valence-electron chi connectivity index (χ0n) is 25.8. The highest BCUT2D eigenvalue weighted by molar-refractivity contribution is 7.91. The van der Waals surface area contributed by atoms with Crippen molar-refractivity contribution in [1.29, 1.82) is 0 Å². The van der Waals surface area contributed by atoms with Gasteiger partial charge in [-0.3, -0.25) is 4.79 Å². The van der Waals surface area contributed by atoms with Gasteiger partial charge in [0, 0.05) is 36.2 Å². The van der Waals surface area contributed by atoms with Crippen LogP contribution in [0.1, 0.15) is 44.2 Å². The number of hydrogen-bond donors (Lipinski definition) is 4. The second-order valence-corrected chi connectivity index (χ2v) is 16.4. The Morgan fingerprint density at radius 3 is 2.40 bits per heavy atom. The van der Waals surface area contributed by atoms with Crippen LogP contribution >= 0.6 is 11.3 Å². The smallest absolute Gasteiger partial charge is 0.250 e. The molecule has 0 aliphatic carbocycles. The number of thiophene rings is 1. The van der Waals surface area contributed by atoms with Gasteiger partial charge in [-0.25, -0.2) is 16.8 Å². The Bertz CT molecular complexity index is 1750. The van der Waals surface area contributed by atoms with Crippen molar-refractivity contribution in [1.82, 2.24) is 19.3 Å². The van der Waals surface area contributed by atoms with Crippen molar-refractivity contribution in [2.45, 2.75) is 67.6 Å². The summed E-state index contributed by atoms with van der Waals surface area (Å²) in [7, 11) is -7.75. The zero-order chi connectivity index (χ0) is 32.6. The summed E-state index contributed by atoms with van der Waals surface area (Å²) >= 11 is 1.07. The van der Waals surface area contributed by atoms with E-state index >= 15 is 0 Å². The highest BCUT2D eigenvalue weighted by Gasteiger charge is 2.32. The molecular weight excluding hydrogens is 633 g/mol. The third-order valence-corrected chi connectivity index (χ3v) is 12.3. The normalized spacial score (nSPS) is 13.8. The largest absolute Gasteiger partial charge is 0.395 e. The maximum Gasteiger partial charge on any atom is 0.250 e. The number of H-pyrrole nitrogens is 1. The number of nitrogens with zero attached hydrogens (tertiary/aromatic N) is 1. The minimum Gasteiger partial charge on any atom is -0.395 e. The summed E-state index contributed by atoms with van der Waals surface area (Å²) < 4.78 is 57.3. The van der Waals surface area contributed by atoms with Gasteiger partial charge in [0.1, 0.15) is 10.3 Å². The lowest BCUT2D eigenvalue weighted by Gasteiger charge is -2.31. The van der Waals surface area contributed by atoms with Crippen LogP contribution in [0.4, 0.5) is 0 Å². The second kappa shape index (κ2) is 15.5. The van der Waals surface area contributed by atoms with E-state index in [2.05, 4.69) is 15.0 Å². The summed E-state index contributed by atoms with van der Waals surface area (Å²) in [6, 6.07) is 15.8. The lowest BCUT2D eigenvalue weighted by molar-refractivity contribution is -0.122.